The maximum Gasteiger partial charge on any atom is 0.276 e. The molecule has 0 atom stereocenters. The van der Waals surface area contributed by atoms with Crippen LogP contribution in [0, 0.1) is 0 Å². The Morgan fingerprint density at radius 2 is 1.97 bits per heavy atom. The van der Waals surface area contributed by atoms with E-state index >= 15 is 0 Å². The summed E-state index contributed by atoms with van der Waals surface area (Å²) in [6, 6.07) is 10.8. The number of hydrogen-bond acceptors (Lipinski definition) is 5. The minimum atomic E-state index is -0.361. The van der Waals surface area contributed by atoms with Gasteiger partial charge in [0.1, 0.15) is 0 Å². The highest BCUT2D eigenvalue weighted by atomic mass is 16.2. The fourth-order valence-corrected chi connectivity index (χ4v) is 3.14. The van der Waals surface area contributed by atoms with Gasteiger partial charge < -0.3 is 15.2 Å². The first-order chi connectivity index (χ1) is 14.0. The molecule has 146 valence electrons. The van der Waals surface area contributed by atoms with E-state index in [1.54, 1.807) is 12.3 Å². The molecule has 4 aromatic rings. The molecule has 0 saturated heterocycles. The van der Waals surface area contributed by atoms with E-state index in [0.29, 0.717) is 11.1 Å². The number of pyridine rings is 2. The Balaban J connectivity index is 1.66. The average molecular weight is 388 g/mol. The van der Waals surface area contributed by atoms with Crippen LogP contribution in [-0.4, -0.2) is 45.1 Å². The zero-order valence-electron chi connectivity index (χ0n) is 16.1. The standard InChI is InChI=1S/C21H20N6O2/c1-27(2)12-13-7-15(10-22-9-13)14-3-5-18-17(8-14)20(26-25-18)21(29)24-16-4-6-19(28)23-11-16/h3-11H,12H2,1-2H3,(H,23,28)(H,24,29)(H,25,26). The number of nitrogens with one attached hydrogen (secondary N) is 3. The van der Waals surface area contributed by atoms with Crippen molar-refractivity contribution in [3.8, 4) is 11.1 Å². The minimum Gasteiger partial charge on any atom is -0.327 e. The number of aromatic nitrogens is 4. The number of nitrogens with zero attached hydrogens (tertiary/aromatic N) is 3. The summed E-state index contributed by atoms with van der Waals surface area (Å²) in [6.07, 6.45) is 5.10. The van der Waals surface area contributed by atoms with Crippen LogP contribution in [0.25, 0.3) is 22.0 Å². The van der Waals surface area contributed by atoms with Crippen LogP contribution in [0.4, 0.5) is 5.69 Å². The van der Waals surface area contributed by atoms with Crippen molar-refractivity contribution in [2.24, 2.45) is 0 Å². The van der Waals surface area contributed by atoms with Crippen LogP contribution in [-0.2, 0) is 6.54 Å². The van der Waals surface area contributed by atoms with Crippen LogP contribution < -0.4 is 10.9 Å². The van der Waals surface area contributed by atoms with Crippen molar-refractivity contribution in [3.63, 3.8) is 0 Å². The number of fused-ring (bicyclic) bond motifs is 1. The number of hydrogen-bond donors (Lipinski definition) is 3. The Labute approximate surface area is 166 Å². The summed E-state index contributed by atoms with van der Waals surface area (Å²) < 4.78 is 0. The van der Waals surface area contributed by atoms with Gasteiger partial charge in [-0.15, -0.1) is 0 Å². The first-order valence-electron chi connectivity index (χ1n) is 9.07. The lowest BCUT2D eigenvalue weighted by molar-refractivity contribution is 0.102. The van der Waals surface area contributed by atoms with Gasteiger partial charge in [-0.1, -0.05) is 6.07 Å². The topological polar surface area (TPSA) is 107 Å². The molecule has 8 nitrogen and oxygen atoms in total. The monoisotopic (exact) mass is 388 g/mol. The molecule has 0 bridgehead atoms. The van der Waals surface area contributed by atoms with Gasteiger partial charge in [0.15, 0.2) is 5.69 Å². The molecule has 8 heteroatoms. The van der Waals surface area contributed by atoms with E-state index in [1.165, 1.54) is 12.3 Å². The molecule has 0 unspecified atom stereocenters. The van der Waals surface area contributed by atoms with E-state index in [1.807, 2.05) is 38.5 Å². The molecule has 0 fully saturated rings. The third-order valence-electron chi connectivity index (χ3n) is 4.45. The van der Waals surface area contributed by atoms with E-state index < -0.39 is 0 Å². The molecule has 4 rings (SSSR count). The van der Waals surface area contributed by atoms with Gasteiger partial charge in [0.25, 0.3) is 5.91 Å². The number of H-pyrrole nitrogens is 2. The second-order valence-corrected chi connectivity index (χ2v) is 7.05. The third-order valence-corrected chi connectivity index (χ3v) is 4.45. The first-order valence-corrected chi connectivity index (χ1v) is 9.07. The number of carbonyl (C=O) groups is 1. The lowest BCUT2D eigenvalue weighted by atomic mass is 10.0. The molecule has 3 heterocycles. The number of aromatic amines is 2. The van der Waals surface area contributed by atoms with Gasteiger partial charge in [0, 0.05) is 42.2 Å². The quantitative estimate of drug-likeness (QED) is 0.487. The van der Waals surface area contributed by atoms with Gasteiger partial charge in [-0.2, -0.15) is 5.10 Å². The fourth-order valence-electron chi connectivity index (χ4n) is 3.14. The van der Waals surface area contributed by atoms with Gasteiger partial charge in [-0.3, -0.25) is 19.7 Å². The van der Waals surface area contributed by atoms with Crippen molar-refractivity contribution >= 4 is 22.5 Å². The number of benzene rings is 1. The van der Waals surface area contributed by atoms with Gasteiger partial charge in [0.05, 0.1) is 11.2 Å². The molecule has 0 saturated carbocycles. The van der Waals surface area contributed by atoms with Gasteiger partial charge in [-0.05, 0) is 49.5 Å². The number of anilines is 1. The van der Waals surface area contributed by atoms with E-state index in [0.717, 1.165) is 28.8 Å². The summed E-state index contributed by atoms with van der Waals surface area (Å²) >= 11 is 0. The largest absolute Gasteiger partial charge is 0.327 e. The van der Waals surface area contributed by atoms with Gasteiger partial charge in [0.2, 0.25) is 5.56 Å². The number of amides is 1. The highest BCUT2D eigenvalue weighted by molar-refractivity contribution is 6.11. The molecule has 0 spiro atoms. The molecule has 0 aliphatic rings. The molecule has 0 aliphatic heterocycles. The molecule has 29 heavy (non-hydrogen) atoms. The van der Waals surface area contributed by atoms with Crippen molar-refractivity contribution in [2.75, 3.05) is 19.4 Å². The Hall–Kier alpha value is -3.78. The summed E-state index contributed by atoms with van der Waals surface area (Å²) in [4.78, 5) is 32.8. The summed E-state index contributed by atoms with van der Waals surface area (Å²) in [7, 11) is 4.02. The smallest absolute Gasteiger partial charge is 0.276 e. The first kappa shape index (κ1) is 18.6. The second-order valence-electron chi connectivity index (χ2n) is 7.05. The summed E-state index contributed by atoms with van der Waals surface area (Å²) in [5.74, 6) is -0.361. The van der Waals surface area contributed by atoms with Crippen molar-refractivity contribution < 1.29 is 4.79 Å². The summed E-state index contributed by atoms with van der Waals surface area (Å²) in [6.45, 7) is 0.793. The normalized spacial score (nSPS) is 11.1. The lowest BCUT2D eigenvalue weighted by Crippen LogP contribution is -2.14. The van der Waals surface area contributed by atoms with Crippen LogP contribution in [0.3, 0.4) is 0 Å². The molecular weight excluding hydrogens is 368 g/mol. The van der Waals surface area contributed by atoms with E-state index in [9.17, 15) is 9.59 Å². The van der Waals surface area contributed by atoms with E-state index in [2.05, 4.69) is 36.4 Å². The maximum atomic E-state index is 12.7. The van der Waals surface area contributed by atoms with Crippen molar-refractivity contribution in [2.45, 2.75) is 6.54 Å². The van der Waals surface area contributed by atoms with Gasteiger partial charge in [-0.25, -0.2) is 0 Å². The number of carbonyl (C=O) groups excluding carboxylic acids is 1. The Bertz CT molecular complexity index is 1220. The zero-order valence-corrected chi connectivity index (χ0v) is 16.1. The summed E-state index contributed by atoms with van der Waals surface area (Å²) in [5, 5.41) is 10.5. The fraction of sp³-hybridized carbons (Fsp3) is 0.143. The molecule has 0 aliphatic carbocycles. The van der Waals surface area contributed by atoms with Crippen molar-refractivity contribution in [3.05, 3.63) is 76.6 Å². The lowest BCUT2D eigenvalue weighted by Gasteiger charge is -2.10. The number of rotatable bonds is 5. The average Bonchev–Trinajstić information content (AvgIpc) is 3.13. The predicted octanol–water partition coefficient (Wildman–Crippen LogP) is 2.63. The van der Waals surface area contributed by atoms with Gasteiger partial charge >= 0.3 is 0 Å². The van der Waals surface area contributed by atoms with Crippen LogP contribution >= 0.6 is 0 Å². The SMILES string of the molecule is CN(C)Cc1cncc(-c2ccc3[nH]nc(C(=O)Nc4ccc(=O)[nH]c4)c3c2)c1. The molecule has 3 aromatic heterocycles. The van der Waals surface area contributed by atoms with E-state index in [-0.39, 0.29) is 17.2 Å². The Kier molecular flexibility index (Phi) is 4.92. The third kappa shape index (κ3) is 4.07. The highest BCUT2D eigenvalue weighted by Gasteiger charge is 2.15. The Morgan fingerprint density at radius 3 is 2.72 bits per heavy atom. The molecule has 1 aromatic carbocycles. The second kappa shape index (κ2) is 7.69. The van der Waals surface area contributed by atoms with Crippen LogP contribution in [0.5, 0.6) is 0 Å². The molecule has 3 N–H and O–H groups in total. The van der Waals surface area contributed by atoms with Crippen molar-refractivity contribution in [1.29, 1.82) is 0 Å². The molecule has 1 amide bonds. The highest BCUT2D eigenvalue weighted by Crippen LogP contribution is 2.26. The van der Waals surface area contributed by atoms with Crippen LogP contribution in [0.2, 0.25) is 0 Å². The van der Waals surface area contributed by atoms with Crippen molar-refractivity contribution in [1.82, 2.24) is 25.1 Å². The maximum absolute atomic E-state index is 12.7. The Morgan fingerprint density at radius 1 is 1.10 bits per heavy atom. The van der Waals surface area contributed by atoms with E-state index in [4.69, 9.17) is 0 Å². The molecule has 0 radical (unpaired) electrons. The zero-order chi connectivity index (χ0) is 20.4. The predicted molar refractivity (Wildman–Crippen MR) is 112 cm³/mol. The van der Waals surface area contributed by atoms with Crippen LogP contribution in [0.15, 0.2) is 59.8 Å². The molecular formula is C21H20N6O2. The van der Waals surface area contributed by atoms with Crippen LogP contribution in [0.1, 0.15) is 16.1 Å². The summed E-state index contributed by atoms with van der Waals surface area (Å²) in [5.41, 5.74) is 4.33. The minimum absolute atomic E-state index is 0.233.